The maximum Gasteiger partial charge on any atom is 0.254 e. The van der Waals surface area contributed by atoms with Gasteiger partial charge in [0.25, 0.3) is 5.91 Å². The number of benzene rings is 1. The van der Waals surface area contributed by atoms with Gasteiger partial charge in [-0.05, 0) is 42.4 Å². The molecule has 0 radical (unpaired) electrons. The Morgan fingerprint density at radius 1 is 1.23 bits per heavy atom. The van der Waals surface area contributed by atoms with E-state index in [4.69, 9.17) is 0 Å². The summed E-state index contributed by atoms with van der Waals surface area (Å²) in [5.74, 6) is 2.22. The predicted octanol–water partition coefficient (Wildman–Crippen LogP) is 2.32. The maximum atomic E-state index is 12.6. The normalized spacial score (nSPS) is 19.5. The molecule has 166 valence electrons. The minimum atomic E-state index is -0.102. The van der Waals surface area contributed by atoms with Gasteiger partial charge in [-0.2, -0.15) is 0 Å². The summed E-state index contributed by atoms with van der Waals surface area (Å²) in [4.78, 5) is 32.4. The maximum absolute atomic E-state index is 12.6. The molecule has 2 heterocycles. The molecule has 1 atom stereocenters. The zero-order valence-corrected chi connectivity index (χ0v) is 20.5. The molecule has 0 spiro atoms. The number of nitrogens with zero attached hydrogens (tertiary/aromatic N) is 3. The second-order valence-corrected chi connectivity index (χ2v) is 8.40. The van der Waals surface area contributed by atoms with Crippen molar-refractivity contribution in [3.63, 3.8) is 0 Å². The highest BCUT2D eigenvalue weighted by Crippen LogP contribution is 2.23. The second kappa shape index (κ2) is 11.5. The Morgan fingerprint density at radius 3 is 2.60 bits per heavy atom. The van der Waals surface area contributed by atoms with Gasteiger partial charge < -0.3 is 20.4 Å². The third-order valence-electron chi connectivity index (χ3n) is 5.58. The lowest BCUT2D eigenvalue weighted by Crippen LogP contribution is -2.49. The number of amides is 2. The van der Waals surface area contributed by atoms with Crippen molar-refractivity contribution in [1.29, 1.82) is 0 Å². The van der Waals surface area contributed by atoms with E-state index in [1.807, 2.05) is 31.3 Å². The molecule has 0 saturated carbocycles. The summed E-state index contributed by atoms with van der Waals surface area (Å²) >= 11 is 0. The number of carbonyl (C=O) groups excluding carboxylic acids is 2. The number of carbonyl (C=O) groups is 2. The molecule has 0 aliphatic carbocycles. The molecule has 1 aromatic carbocycles. The van der Waals surface area contributed by atoms with Crippen LogP contribution in [0.5, 0.6) is 0 Å². The number of piperazine rings is 1. The highest BCUT2D eigenvalue weighted by Gasteiger charge is 2.25. The molecular weight excluding hydrogens is 493 g/mol. The molecule has 30 heavy (non-hydrogen) atoms. The summed E-state index contributed by atoms with van der Waals surface area (Å²) in [6.45, 7) is 8.54. The van der Waals surface area contributed by atoms with Crippen molar-refractivity contribution in [1.82, 2.24) is 20.4 Å². The van der Waals surface area contributed by atoms with Gasteiger partial charge in [0.2, 0.25) is 5.91 Å². The van der Waals surface area contributed by atoms with Crippen molar-refractivity contribution in [2.24, 2.45) is 16.8 Å². The monoisotopic (exact) mass is 527 g/mol. The number of rotatable bonds is 5. The predicted molar refractivity (Wildman–Crippen MR) is 130 cm³/mol. The van der Waals surface area contributed by atoms with Crippen molar-refractivity contribution < 1.29 is 9.59 Å². The van der Waals surface area contributed by atoms with Crippen LogP contribution in [0.15, 0.2) is 29.3 Å². The fourth-order valence-electron chi connectivity index (χ4n) is 4.16. The highest BCUT2D eigenvalue weighted by atomic mass is 127. The van der Waals surface area contributed by atoms with Crippen LogP contribution in [0.1, 0.15) is 42.6 Å². The van der Waals surface area contributed by atoms with E-state index in [0.717, 1.165) is 36.4 Å². The molecule has 2 saturated heterocycles. The second-order valence-electron chi connectivity index (χ2n) is 8.40. The Labute approximate surface area is 196 Å². The van der Waals surface area contributed by atoms with Crippen LogP contribution in [-0.2, 0) is 11.3 Å². The minimum Gasteiger partial charge on any atom is -0.353 e. The van der Waals surface area contributed by atoms with Gasteiger partial charge in [-0.15, -0.1) is 24.0 Å². The van der Waals surface area contributed by atoms with E-state index in [-0.39, 0.29) is 42.3 Å². The van der Waals surface area contributed by atoms with Gasteiger partial charge in [-0.1, -0.05) is 26.0 Å². The first-order chi connectivity index (χ1) is 14.0. The molecule has 2 N–H and O–H groups in total. The van der Waals surface area contributed by atoms with Crippen molar-refractivity contribution in [2.45, 2.75) is 33.2 Å². The lowest BCUT2D eigenvalue weighted by atomic mass is 9.97. The smallest absolute Gasteiger partial charge is 0.254 e. The molecule has 2 amide bonds. The van der Waals surface area contributed by atoms with Gasteiger partial charge in [-0.3, -0.25) is 14.6 Å². The van der Waals surface area contributed by atoms with E-state index < -0.39 is 0 Å². The average Bonchev–Trinajstić information content (AvgIpc) is 3.16. The number of nitrogens with one attached hydrogen (secondary N) is 2. The zero-order valence-electron chi connectivity index (χ0n) is 18.2. The Bertz CT molecular complexity index is 750. The number of hydrogen-bond acceptors (Lipinski definition) is 3. The summed E-state index contributed by atoms with van der Waals surface area (Å²) in [5.41, 5.74) is 1.71. The first kappa shape index (κ1) is 24.4. The highest BCUT2D eigenvalue weighted by molar-refractivity contribution is 14.0. The standard InChI is InChI=1S/C22H33N5O2.HI/c1-16(2)12-18-8-10-27(14-18)22(23-3)25-13-17-4-6-19(7-5-17)21(29)26-11-9-24-20(28)15-26;/h4-7,16,18H,8-15H2,1-3H3,(H,23,25)(H,24,28);1H. The first-order valence-electron chi connectivity index (χ1n) is 10.6. The summed E-state index contributed by atoms with van der Waals surface area (Å²) in [5, 5.41) is 6.19. The SMILES string of the molecule is CN=C(NCc1ccc(C(=O)N2CCNC(=O)C2)cc1)N1CCC(CC(C)C)C1.I. The third-order valence-corrected chi connectivity index (χ3v) is 5.58. The van der Waals surface area contributed by atoms with E-state index >= 15 is 0 Å². The number of halogens is 1. The Morgan fingerprint density at radius 2 is 1.97 bits per heavy atom. The van der Waals surface area contributed by atoms with Gasteiger partial charge in [0.1, 0.15) is 0 Å². The van der Waals surface area contributed by atoms with E-state index in [1.54, 1.807) is 4.90 Å². The Balaban J connectivity index is 0.00000320. The molecule has 0 aromatic heterocycles. The number of likely N-dealkylation sites (tertiary alicyclic amines) is 1. The van der Waals surface area contributed by atoms with Crippen LogP contribution in [0.3, 0.4) is 0 Å². The van der Waals surface area contributed by atoms with Crippen LogP contribution < -0.4 is 10.6 Å². The Hall–Kier alpha value is -1.84. The van der Waals surface area contributed by atoms with Crippen LogP contribution in [0.2, 0.25) is 0 Å². The van der Waals surface area contributed by atoms with Crippen molar-refractivity contribution in [2.75, 3.05) is 39.8 Å². The van der Waals surface area contributed by atoms with Gasteiger partial charge >= 0.3 is 0 Å². The Kier molecular flexibility index (Phi) is 9.38. The first-order valence-corrected chi connectivity index (χ1v) is 10.6. The molecule has 3 rings (SSSR count). The molecule has 2 aliphatic rings. The lowest BCUT2D eigenvalue weighted by Gasteiger charge is -2.26. The van der Waals surface area contributed by atoms with Crippen LogP contribution in [0.4, 0.5) is 0 Å². The largest absolute Gasteiger partial charge is 0.353 e. The topological polar surface area (TPSA) is 77.0 Å². The molecule has 2 aliphatic heterocycles. The average molecular weight is 527 g/mol. The van der Waals surface area contributed by atoms with E-state index in [0.29, 0.717) is 25.2 Å². The molecule has 1 aromatic rings. The van der Waals surface area contributed by atoms with Crippen LogP contribution in [0.25, 0.3) is 0 Å². The molecule has 2 fully saturated rings. The van der Waals surface area contributed by atoms with Gasteiger partial charge in [-0.25, -0.2) is 0 Å². The zero-order chi connectivity index (χ0) is 20.8. The van der Waals surface area contributed by atoms with Crippen LogP contribution in [-0.4, -0.2) is 67.3 Å². The van der Waals surface area contributed by atoms with E-state index in [1.165, 1.54) is 12.8 Å². The van der Waals surface area contributed by atoms with Crippen LogP contribution >= 0.6 is 24.0 Å². The fraction of sp³-hybridized carbons (Fsp3) is 0.591. The quantitative estimate of drug-likeness (QED) is 0.350. The fourth-order valence-corrected chi connectivity index (χ4v) is 4.16. The third kappa shape index (κ3) is 6.58. The molecular formula is C22H34IN5O2. The number of guanidine groups is 1. The van der Waals surface area contributed by atoms with E-state index in [9.17, 15) is 9.59 Å². The summed E-state index contributed by atoms with van der Waals surface area (Å²) in [6, 6.07) is 7.60. The van der Waals surface area contributed by atoms with Gasteiger partial charge in [0.15, 0.2) is 5.96 Å². The minimum absolute atomic E-state index is 0. The van der Waals surface area contributed by atoms with Gasteiger partial charge in [0, 0.05) is 45.3 Å². The summed E-state index contributed by atoms with van der Waals surface area (Å²) < 4.78 is 0. The van der Waals surface area contributed by atoms with Crippen molar-refractivity contribution in [3.05, 3.63) is 35.4 Å². The molecule has 1 unspecified atom stereocenters. The summed E-state index contributed by atoms with van der Waals surface area (Å²) in [7, 11) is 1.83. The molecule has 8 heteroatoms. The molecule has 7 nitrogen and oxygen atoms in total. The van der Waals surface area contributed by atoms with Crippen molar-refractivity contribution in [3.8, 4) is 0 Å². The van der Waals surface area contributed by atoms with Crippen molar-refractivity contribution >= 4 is 41.8 Å². The van der Waals surface area contributed by atoms with E-state index in [2.05, 4.69) is 34.4 Å². The molecule has 0 bridgehead atoms. The van der Waals surface area contributed by atoms with Gasteiger partial charge in [0.05, 0.1) is 6.54 Å². The number of hydrogen-bond donors (Lipinski definition) is 2. The summed E-state index contributed by atoms with van der Waals surface area (Å²) in [6.07, 6.45) is 2.49. The van der Waals surface area contributed by atoms with Crippen LogP contribution in [0, 0.1) is 11.8 Å². The lowest BCUT2D eigenvalue weighted by molar-refractivity contribution is -0.123. The number of aliphatic imine (C=N–C) groups is 1.